The number of benzene rings is 1. The van der Waals surface area contributed by atoms with Crippen molar-refractivity contribution in [2.24, 2.45) is 4.99 Å². The highest BCUT2D eigenvalue weighted by molar-refractivity contribution is 5.95. The fraction of sp³-hybridized carbons (Fsp3) is 0.182. The average Bonchev–Trinajstić information content (AvgIpc) is 2.55. The molecule has 0 bridgehead atoms. The van der Waals surface area contributed by atoms with Crippen molar-refractivity contribution in [2.75, 3.05) is 6.54 Å². The molecule has 0 atom stereocenters. The van der Waals surface area contributed by atoms with E-state index in [1.54, 1.807) is 6.21 Å². The molecule has 1 aliphatic rings. The van der Waals surface area contributed by atoms with Gasteiger partial charge in [0.25, 0.3) is 0 Å². The molecule has 0 spiro atoms. The van der Waals surface area contributed by atoms with Crippen LogP contribution in [0.15, 0.2) is 29.3 Å². The third-order valence-electron chi connectivity index (χ3n) is 2.68. The minimum atomic E-state index is 0.720. The monoisotopic (exact) mass is 185 g/mol. The van der Waals surface area contributed by atoms with E-state index in [-0.39, 0.29) is 0 Å². The van der Waals surface area contributed by atoms with Gasteiger partial charge in [-0.05, 0) is 18.1 Å². The lowest BCUT2D eigenvalue weighted by Crippen LogP contribution is -2.04. The first-order valence-corrected chi connectivity index (χ1v) is 4.67. The molecular weight excluding hydrogens is 176 g/mol. The molecular formula is C11H9N2O-. The Morgan fingerprint density at radius 3 is 3.07 bits per heavy atom. The summed E-state index contributed by atoms with van der Waals surface area (Å²) in [5, 5.41) is 12.9. The molecule has 0 fully saturated rings. The molecule has 1 aliphatic heterocycles. The van der Waals surface area contributed by atoms with Gasteiger partial charge in [0.1, 0.15) is 0 Å². The third kappa shape index (κ3) is 0.839. The molecule has 70 valence electrons. The number of hydrogen-bond acceptors (Lipinski definition) is 2. The fourth-order valence-electron chi connectivity index (χ4n) is 2.02. The Kier molecular flexibility index (Phi) is 1.42. The van der Waals surface area contributed by atoms with Gasteiger partial charge in [0.15, 0.2) is 0 Å². The maximum atomic E-state index is 11.8. The summed E-state index contributed by atoms with van der Waals surface area (Å²) in [7, 11) is 0. The van der Waals surface area contributed by atoms with Crippen LogP contribution in [0.2, 0.25) is 0 Å². The number of aromatic nitrogens is 1. The zero-order valence-corrected chi connectivity index (χ0v) is 7.60. The van der Waals surface area contributed by atoms with Crippen molar-refractivity contribution in [3.63, 3.8) is 0 Å². The highest BCUT2D eigenvalue weighted by atomic mass is 16.5. The molecule has 0 radical (unpaired) electrons. The highest BCUT2D eigenvalue weighted by Crippen LogP contribution is 2.26. The van der Waals surface area contributed by atoms with Gasteiger partial charge in [-0.1, -0.05) is 18.2 Å². The molecule has 0 saturated heterocycles. The van der Waals surface area contributed by atoms with Crippen LogP contribution in [0.1, 0.15) is 11.3 Å². The Morgan fingerprint density at radius 2 is 2.14 bits per heavy atom. The number of rotatable bonds is 0. The van der Waals surface area contributed by atoms with E-state index in [9.17, 15) is 5.21 Å². The van der Waals surface area contributed by atoms with E-state index < -0.39 is 0 Å². The minimum Gasteiger partial charge on any atom is -0.805 e. The molecule has 0 saturated carbocycles. The fourth-order valence-corrected chi connectivity index (χ4v) is 2.02. The first-order valence-electron chi connectivity index (χ1n) is 4.67. The second kappa shape index (κ2) is 2.61. The zero-order chi connectivity index (χ0) is 9.54. The van der Waals surface area contributed by atoms with Gasteiger partial charge in [0.05, 0.1) is 5.69 Å². The normalized spacial score (nSPS) is 14.6. The number of hydrogen-bond donors (Lipinski definition) is 0. The number of fused-ring (bicyclic) bond motifs is 3. The van der Waals surface area contributed by atoms with Crippen LogP contribution >= 0.6 is 0 Å². The molecule has 0 aliphatic carbocycles. The van der Waals surface area contributed by atoms with E-state index >= 15 is 0 Å². The smallest absolute Gasteiger partial charge is 0.0585 e. The van der Waals surface area contributed by atoms with Crippen LogP contribution in [0.3, 0.4) is 0 Å². The maximum Gasteiger partial charge on any atom is 0.0585 e. The van der Waals surface area contributed by atoms with Gasteiger partial charge in [-0.15, -0.1) is 0 Å². The molecule has 0 unspecified atom stereocenters. The number of aliphatic imine (C=N–C) groups is 1. The van der Waals surface area contributed by atoms with Crippen molar-refractivity contribution < 1.29 is 0 Å². The first-order chi connectivity index (χ1) is 6.88. The Labute approximate surface area is 81.3 Å². The van der Waals surface area contributed by atoms with Crippen molar-refractivity contribution in [1.29, 1.82) is 0 Å². The van der Waals surface area contributed by atoms with Crippen LogP contribution in [-0.2, 0) is 6.42 Å². The van der Waals surface area contributed by atoms with Crippen LogP contribution in [-0.4, -0.2) is 17.5 Å². The van der Waals surface area contributed by atoms with Crippen molar-refractivity contribution >= 4 is 17.1 Å². The lowest BCUT2D eigenvalue weighted by Gasteiger charge is -2.13. The Morgan fingerprint density at radius 1 is 1.29 bits per heavy atom. The van der Waals surface area contributed by atoms with Gasteiger partial charge in [-0.2, -0.15) is 0 Å². The average molecular weight is 185 g/mol. The van der Waals surface area contributed by atoms with E-state index in [1.165, 1.54) is 0 Å². The summed E-state index contributed by atoms with van der Waals surface area (Å²) in [5.41, 5.74) is 2.62. The summed E-state index contributed by atoms with van der Waals surface area (Å²) in [6.07, 6.45) is 2.56. The summed E-state index contributed by atoms with van der Waals surface area (Å²) in [6, 6.07) is 7.71. The first kappa shape index (κ1) is 7.62. The Balaban J connectivity index is 2.48. The lowest BCUT2D eigenvalue weighted by molar-refractivity contribution is 0.941. The van der Waals surface area contributed by atoms with Gasteiger partial charge in [0.2, 0.25) is 0 Å². The largest absolute Gasteiger partial charge is 0.805 e. The van der Waals surface area contributed by atoms with Gasteiger partial charge in [0, 0.05) is 23.7 Å². The molecule has 3 nitrogen and oxygen atoms in total. The Hall–Kier alpha value is -1.77. The van der Waals surface area contributed by atoms with E-state index in [4.69, 9.17) is 0 Å². The second-order valence-electron chi connectivity index (χ2n) is 3.46. The lowest BCUT2D eigenvalue weighted by atomic mass is 10.1. The highest BCUT2D eigenvalue weighted by Gasteiger charge is 2.13. The molecule has 1 aromatic heterocycles. The topological polar surface area (TPSA) is 40.3 Å². The summed E-state index contributed by atoms with van der Waals surface area (Å²) in [4.78, 5) is 4.13. The van der Waals surface area contributed by atoms with Crippen LogP contribution in [0, 0.1) is 5.21 Å². The summed E-state index contributed by atoms with van der Waals surface area (Å²) in [6.45, 7) is 0.793. The van der Waals surface area contributed by atoms with Crippen LogP contribution in [0.4, 0.5) is 0 Å². The van der Waals surface area contributed by atoms with E-state index in [0.29, 0.717) is 0 Å². The van der Waals surface area contributed by atoms with Crippen molar-refractivity contribution in [2.45, 2.75) is 6.42 Å². The maximum absolute atomic E-state index is 11.8. The van der Waals surface area contributed by atoms with E-state index in [1.807, 2.05) is 24.3 Å². The molecule has 14 heavy (non-hydrogen) atoms. The van der Waals surface area contributed by atoms with Crippen molar-refractivity contribution in [1.82, 2.24) is 4.73 Å². The predicted molar refractivity (Wildman–Crippen MR) is 56.9 cm³/mol. The SMILES string of the molecule is [O-]n1c2c(c3ccccc31)CCN=C2. The standard InChI is InChI=1S/C11H9N2O/c14-13-10-4-2-1-3-8(10)9-5-6-12-7-11(9)13/h1-4,7H,5-6H2/q-1. The van der Waals surface area contributed by atoms with E-state index in [2.05, 4.69) is 4.99 Å². The molecule has 0 N–H and O–H groups in total. The third-order valence-corrected chi connectivity index (χ3v) is 2.68. The van der Waals surface area contributed by atoms with Gasteiger partial charge in [-0.25, -0.2) is 0 Å². The van der Waals surface area contributed by atoms with Crippen LogP contribution < -0.4 is 0 Å². The molecule has 1 aromatic carbocycles. The summed E-state index contributed by atoms with van der Waals surface area (Å²) < 4.78 is 0.979. The van der Waals surface area contributed by atoms with Crippen molar-refractivity contribution in [3.8, 4) is 0 Å². The van der Waals surface area contributed by atoms with Gasteiger partial charge >= 0.3 is 0 Å². The summed E-state index contributed by atoms with van der Waals surface area (Å²) >= 11 is 0. The minimum absolute atomic E-state index is 0.720. The van der Waals surface area contributed by atoms with Gasteiger partial charge < -0.3 is 9.94 Å². The number of para-hydroxylation sites is 1. The van der Waals surface area contributed by atoms with Crippen LogP contribution in [0.5, 0.6) is 0 Å². The number of nitrogens with zero attached hydrogens (tertiary/aromatic N) is 2. The zero-order valence-electron chi connectivity index (χ0n) is 7.60. The molecule has 2 aromatic rings. The molecule has 2 heterocycles. The van der Waals surface area contributed by atoms with Crippen molar-refractivity contribution in [3.05, 3.63) is 40.7 Å². The molecule has 0 amide bonds. The molecule has 3 rings (SSSR count). The molecule has 3 heteroatoms. The van der Waals surface area contributed by atoms with Crippen LogP contribution in [0.25, 0.3) is 10.9 Å². The predicted octanol–water partition coefficient (Wildman–Crippen LogP) is 1.96. The second-order valence-corrected chi connectivity index (χ2v) is 3.46. The van der Waals surface area contributed by atoms with Gasteiger partial charge in [-0.3, -0.25) is 4.99 Å². The quantitative estimate of drug-likeness (QED) is 0.618. The summed E-state index contributed by atoms with van der Waals surface area (Å²) in [5.74, 6) is 0. The Bertz CT molecular complexity index is 525. The van der Waals surface area contributed by atoms with E-state index in [0.717, 1.165) is 39.9 Å².